The second kappa shape index (κ2) is 4.34. The van der Waals surface area contributed by atoms with Crippen LogP contribution in [-0.2, 0) is 5.75 Å². The van der Waals surface area contributed by atoms with Gasteiger partial charge in [-0.25, -0.2) is 8.78 Å². The summed E-state index contributed by atoms with van der Waals surface area (Å²) in [7, 11) is 0. The summed E-state index contributed by atoms with van der Waals surface area (Å²) in [6, 6.07) is 2.58. The monoisotopic (exact) mass is 243 g/mol. The predicted molar refractivity (Wildman–Crippen MR) is 63.2 cm³/mol. The minimum atomic E-state index is -0.783. The third-order valence-electron chi connectivity index (χ3n) is 3.02. The number of hydrogen-bond donors (Lipinski definition) is 1. The van der Waals surface area contributed by atoms with E-state index in [9.17, 15) is 8.78 Å². The predicted octanol–water partition coefficient (Wildman–Crippen LogP) is 3.24. The smallest absolute Gasteiger partial charge is 0.163 e. The normalized spacial score (nSPS) is 24.6. The molecule has 2 N–H and O–H groups in total. The van der Waals surface area contributed by atoms with E-state index in [1.807, 2.05) is 0 Å². The lowest BCUT2D eigenvalue weighted by atomic mass is 9.93. The summed E-state index contributed by atoms with van der Waals surface area (Å²) in [5.41, 5.74) is 7.30. The molecule has 0 saturated carbocycles. The van der Waals surface area contributed by atoms with Crippen molar-refractivity contribution in [3.05, 3.63) is 34.9 Å². The fourth-order valence-corrected chi connectivity index (χ4v) is 3.53. The Bertz CT molecular complexity index is 406. The van der Waals surface area contributed by atoms with Gasteiger partial charge in [0.15, 0.2) is 11.6 Å². The van der Waals surface area contributed by atoms with Gasteiger partial charge >= 0.3 is 0 Å². The summed E-state index contributed by atoms with van der Waals surface area (Å²) < 4.78 is 26.6. The van der Waals surface area contributed by atoms with Gasteiger partial charge in [0.25, 0.3) is 0 Å². The van der Waals surface area contributed by atoms with Gasteiger partial charge in [-0.2, -0.15) is 11.8 Å². The van der Waals surface area contributed by atoms with Crippen molar-refractivity contribution in [2.24, 2.45) is 11.7 Å². The highest BCUT2D eigenvalue weighted by molar-refractivity contribution is 7.99. The molecule has 1 nitrogen and oxygen atoms in total. The molecule has 1 aromatic carbocycles. The van der Waals surface area contributed by atoms with Crippen molar-refractivity contribution >= 4 is 11.8 Å². The molecule has 0 aliphatic carbocycles. The van der Waals surface area contributed by atoms with Crippen molar-refractivity contribution in [2.45, 2.75) is 30.9 Å². The van der Waals surface area contributed by atoms with Crippen LogP contribution in [0.5, 0.6) is 0 Å². The van der Waals surface area contributed by atoms with Gasteiger partial charge in [-0.05, 0) is 17.5 Å². The number of fused-ring (bicyclic) bond motifs is 1. The maximum atomic E-state index is 13.5. The molecule has 0 saturated heterocycles. The van der Waals surface area contributed by atoms with Crippen LogP contribution in [0.15, 0.2) is 12.1 Å². The SMILES string of the molecule is CC(C)C1SCc2c(ccc(F)c2F)C1N. The molecule has 1 aliphatic heterocycles. The maximum absolute atomic E-state index is 13.5. The molecule has 1 aliphatic rings. The van der Waals surface area contributed by atoms with Crippen LogP contribution in [0.25, 0.3) is 0 Å². The van der Waals surface area contributed by atoms with Gasteiger partial charge in [0.1, 0.15) is 0 Å². The van der Waals surface area contributed by atoms with Gasteiger partial charge < -0.3 is 5.73 Å². The summed E-state index contributed by atoms with van der Waals surface area (Å²) in [4.78, 5) is 0. The highest BCUT2D eigenvalue weighted by Gasteiger charge is 2.31. The zero-order valence-corrected chi connectivity index (χ0v) is 10.2. The Hall–Kier alpha value is -0.610. The van der Waals surface area contributed by atoms with Gasteiger partial charge in [0.05, 0.1) is 0 Å². The van der Waals surface area contributed by atoms with Crippen LogP contribution in [0.1, 0.15) is 31.0 Å². The van der Waals surface area contributed by atoms with Gasteiger partial charge in [-0.15, -0.1) is 0 Å². The first-order valence-electron chi connectivity index (χ1n) is 5.36. The summed E-state index contributed by atoms with van der Waals surface area (Å²) in [6.45, 7) is 4.20. The topological polar surface area (TPSA) is 26.0 Å². The van der Waals surface area contributed by atoms with E-state index in [1.165, 1.54) is 6.07 Å². The molecular formula is C12H15F2NS. The Morgan fingerprint density at radius 3 is 2.69 bits per heavy atom. The largest absolute Gasteiger partial charge is 0.323 e. The quantitative estimate of drug-likeness (QED) is 0.819. The average Bonchev–Trinajstić information content (AvgIpc) is 2.23. The van der Waals surface area contributed by atoms with E-state index in [1.54, 1.807) is 17.8 Å². The van der Waals surface area contributed by atoms with Crippen molar-refractivity contribution in [2.75, 3.05) is 0 Å². The van der Waals surface area contributed by atoms with E-state index in [0.717, 1.165) is 5.56 Å². The molecule has 0 amide bonds. The Morgan fingerprint density at radius 2 is 2.06 bits per heavy atom. The molecule has 1 heterocycles. The first-order valence-corrected chi connectivity index (χ1v) is 6.41. The lowest BCUT2D eigenvalue weighted by Crippen LogP contribution is -2.32. The van der Waals surface area contributed by atoms with E-state index in [2.05, 4.69) is 13.8 Å². The molecule has 0 spiro atoms. The maximum Gasteiger partial charge on any atom is 0.163 e. The fraction of sp³-hybridized carbons (Fsp3) is 0.500. The van der Waals surface area contributed by atoms with Crippen LogP contribution in [0.3, 0.4) is 0 Å². The minimum Gasteiger partial charge on any atom is -0.323 e. The second-order valence-electron chi connectivity index (χ2n) is 4.47. The molecule has 0 bridgehead atoms. The van der Waals surface area contributed by atoms with Crippen molar-refractivity contribution in [3.63, 3.8) is 0 Å². The molecular weight excluding hydrogens is 228 g/mol. The highest BCUT2D eigenvalue weighted by atomic mass is 32.2. The summed E-state index contributed by atoms with van der Waals surface area (Å²) in [5, 5.41) is 0.275. The lowest BCUT2D eigenvalue weighted by molar-refractivity contribution is 0.482. The Kier molecular flexibility index (Phi) is 3.22. The van der Waals surface area contributed by atoms with Crippen LogP contribution in [-0.4, -0.2) is 5.25 Å². The van der Waals surface area contributed by atoms with Gasteiger partial charge in [-0.3, -0.25) is 0 Å². The number of hydrogen-bond acceptors (Lipinski definition) is 2. The highest BCUT2D eigenvalue weighted by Crippen LogP contribution is 2.40. The first kappa shape index (κ1) is 11.9. The number of halogens is 2. The average molecular weight is 243 g/mol. The molecule has 2 rings (SSSR count). The van der Waals surface area contributed by atoms with Crippen LogP contribution in [0.4, 0.5) is 8.78 Å². The number of thioether (sulfide) groups is 1. The second-order valence-corrected chi connectivity index (χ2v) is 5.64. The Morgan fingerprint density at radius 1 is 1.38 bits per heavy atom. The molecule has 88 valence electrons. The van der Waals surface area contributed by atoms with Crippen LogP contribution in [0, 0.1) is 17.6 Å². The number of rotatable bonds is 1. The molecule has 16 heavy (non-hydrogen) atoms. The van der Waals surface area contributed by atoms with Gasteiger partial charge in [0.2, 0.25) is 0 Å². The third-order valence-corrected chi connectivity index (χ3v) is 4.70. The van der Waals surface area contributed by atoms with E-state index in [0.29, 0.717) is 17.2 Å². The third kappa shape index (κ3) is 1.84. The van der Waals surface area contributed by atoms with E-state index >= 15 is 0 Å². The number of nitrogens with two attached hydrogens (primary N) is 1. The lowest BCUT2D eigenvalue weighted by Gasteiger charge is -2.33. The zero-order chi connectivity index (χ0) is 11.9. The van der Waals surface area contributed by atoms with E-state index in [4.69, 9.17) is 5.73 Å². The molecule has 4 heteroatoms. The summed E-state index contributed by atoms with van der Waals surface area (Å²) in [5.74, 6) is -0.575. The van der Waals surface area contributed by atoms with Crippen LogP contribution in [0.2, 0.25) is 0 Å². The van der Waals surface area contributed by atoms with Crippen molar-refractivity contribution < 1.29 is 8.78 Å². The zero-order valence-electron chi connectivity index (χ0n) is 9.34. The van der Waals surface area contributed by atoms with E-state index in [-0.39, 0.29) is 11.3 Å². The number of benzene rings is 1. The molecule has 0 fully saturated rings. The van der Waals surface area contributed by atoms with E-state index < -0.39 is 11.6 Å². The van der Waals surface area contributed by atoms with Crippen molar-refractivity contribution in [1.82, 2.24) is 0 Å². The molecule has 1 aromatic rings. The van der Waals surface area contributed by atoms with Crippen LogP contribution >= 0.6 is 11.8 Å². The minimum absolute atomic E-state index is 0.205. The summed E-state index contributed by atoms with van der Waals surface area (Å²) >= 11 is 1.61. The van der Waals surface area contributed by atoms with Crippen LogP contribution < -0.4 is 5.73 Å². The van der Waals surface area contributed by atoms with Crippen molar-refractivity contribution in [1.29, 1.82) is 0 Å². The summed E-state index contributed by atoms with van der Waals surface area (Å²) in [6.07, 6.45) is 0. The molecule has 0 aromatic heterocycles. The molecule has 0 radical (unpaired) electrons. The van der Waals surface area contributed by atoms with Crippen molar-refractivity contribution in [3.8, 4) is 0 Å². The first-order chi connectivity index (χ1) is 7.52. The standard InChI is InChI=1S/C12H15F2NS/c1-6(2)12-11(15)7-3-4-9(13)10(14)8(7)5-16-12/h3-4,6,11-12H,5,15H2,1-2H3. The Balaban J connectivity index is 2.43. The van der Waals surface area contributed by atoms with Gasteiger partial charge in [-0.1, -0.05) is 19.9 Å². The molecule has 2 atom stereocenters. The molecule has 2 unspecified atom stereocenters. The fourth-order valence-electron chi connectivity index (χ4n) is 2.13. The van der Waals surface area contributed by atoms with Gasteiger partial charge in [0, 0.05) is 22.6 Å². The Labute approximate surface area is 98.4 Å².